The summed E-state index contributed by atoms with van der Waals surface area (Å²) >= 11 is 1.66. The van der Waals surface area contributed by atoms with Gasteiger partial charge < -0.3 is 4.90 Å². The lowest BCUT2D eigenvalue weighted by Gasteiger charge is -2.30. The number of nitrogens with zero attached hydrogens (tertiary/aromatic N) is 3. The first kappa shape index (κ1) is 16.6. The van der Waals surface area contributed by atoms with E-state index in [0.717, 1.165) is 30.0 Å². The Morgan fingerprint density at radius 3 is 3.04 bits per heavy atom. The topological polar surface area (TPSA) is 76.3 Å². The van der Waals surface area contributed by atoms with Gasteiger partial charge in [0.25, 0.3) is 5.69 Å². The van der Waals surface area contributed by atoms with Gasteiger partial charge in [-0.25, -0.2) is 4.98 Å². The third-order valence-electron chi connectivity index (χ3n) is 4.37. The molecule has 24 heavy (non-hydrogen) atoms. The molecule has 1 heterocycles. The Bertz CT molecular complexity index is 787. The lowest BCUT2D eigenvalue weighted by Crippen LogP contribution is -2.33. The fourth-order valence-corrected chi connectivity index (χ4v) is 4.29. The van der Waals surface area contributed by atoms with Crippen molar-refractivity contribution >= 4 is 22.9 Å². The highest BCUT2D eigenvalue weighted by atomic mass is 32.1. The molecule has 0 saturated carbocycles. The van der Waals surface area contributed by atoms with Gasteiger partial charge in [0, 0.05) is 19.2 Å². The maximum Gasteiger partial charge on any atom is 0.269 e. The SMILES string of the molecule is Cc1nc2c(s1)C(N(C)C(=O)Cc1cccc([N+](=O)[O-])c1)CCC2. The summed E-state index contributed by atoms with van der Waals surface area (Å²) < 4.78 is 0. The second-order valence-electron chi connectivity index (χ2n) is 6.06. The Morgan fingerprint density at radius 1 is 1.50 bits per heavy atom. The molecule has 7 heteroatoms. The van der Waals surface area contributed by atoms with Crippen LogP contribution in [-0.2, 0) is 17.6 Å². The monoisotopic (exact) mass is 345 g/mol. The summed E-state index contributed by atoms with van der Waals surface area (Å²) in [5.41, 5.74) is 1.79. The maximum atomic E-state index is 12.6. The first-order valence-electron chi connectivity index (χ1n) is 7.91. The van der Waals surface area contributed by atoms with E-state index in [2.05, 4.69) is 4.98 Å². The summed E-state index contributed by atoms with van der Waals surface area (Å²) in [4.78, 5) is 30.6. The molecule has 0 radical (unpaired) electrons. The number of aryl methyl sites for hydroxylation is 2. The number of fused-ring (bicyclic) bond motifs is 1. The van der Waals surface area contributed by atoms with Gasteiger partial charge in [-0.2, -0.15) is 0 Å². The first-order chi connectivity index (χ1) is 11.5. The molecule has 1 aliphatic rings. The molecule has 1 atom stereocenters. The minimum atomic E-state index is -0.439. The fraction of sp³-hybridized carbons (Fsp3) is 0.412. The molecule has 1 amide bonds. The van der Waals surface area contributed by atoms with E-state index in [1.165, 1.54) is 17.0 Å². The van der Waals surface area contributed by atoms with E-state index in [1.54, 1.807) is 28.4 Å². The van der Waals surface area contributed by atoms with Gasteiger partial charge in [0.15, 0.2) is 0 Å². The van der Waals surface area contributed by atoms with E-state index in [9.17, 15) is 14.9 Å². The van der Waals surface area contributed by atoms with E-state index in [0.29, 0.717) is 5.56 Å². The van der Waals surface area contributed by atoms with Gasteiger partial charge in [-0.1, -0.05) is 12.1 Å². The van der Waals surface area contributed by atoms with Crippen molar-refractivity contribution in [3.05, 3.63) is 55.5 Å². The van der Waals surface area contributed by atoms with Gasteiger partial charge in [0.05, 0.1) is 33.0 Å². The van der Waals surface area contributed by atoms with Crippen LogP contribution in [0.25, 0.3) is 0 Å². The van der Waals surface area contributed by atoms with Crippen molar-refractivity contribution in [1.82, 2.24) is 9.88 Å². The second-order valence-corrected chi connectivity index (χ2v) is 7.30. The minimum absolute atomic E-state index is 0.0148. The zero-order chi connectivity index (χ0) is 17.3. The number of nitro benzene ring substituents is 1. The lowest BCUT2D eigenvalue weighted by molar-refractivity contribution is -0.384. The molecule has 0 spiro atoms. The fourth-order valence-electron chi connectivity index (χ4n) is 3.14. The molecule has 1 aliphatic carbocycles. The van der Waals surface area contributed by atoms with Crippen molar-refractivity contribution in [1.29, 1.82) is 0 Å². The number of rotatable bonds is 4. The van der Waals surface area contributed by atoms with Crippen molar-refractivity contribution in [3.63, 3.8) is 0 Å². The van der Waals surface area contributed by atoms with Crippen LogP contribution in [0.3, 0.4) is 0 Å². The normalized spacial score (nSPS) is 16.5. The Balaban J connectivity index is 1.76. The van der Waals surface area contributed by atoms with E-state index in [1.807, 2.05) is 14.0 Å². The Kier molecular flexibility index (Phi) is 4.62. The van der Waals surface area contributed by atoms with Crippen LogP contribution in [0.5, 0.6) is 0 Å². The summed E-state index contributed by atoms with van der Waals surface area (Å²) in [5, 5.41) is 11.9. The Morgan fingerprint density at radius 2 is 2.29 bits per heavy atom. The Labute approximate surface area is 144 Å². The lowest BCUT2D eigenvalue weighted by atomic mass is 9.96. The minimum Gasteiger partial charge on any atom is -0.338 e. The van der Waals surface area contributed by atoms with Crippen LogP contribution >= 0.6 is 11.3 Å². The van der Waals surface area contributed by atoms with Crippen molar-refractivity contribution in [2.45, 2.75) is 38.6 Å². The summed E-state index contributed by atoms with van der Waals surface area (Å²) in [6.45, 7) is 1.99. The first-order valence-corrected chi connectivity index (χ1v) is 8.72. The molecule has 126 valence electrons. The van der Waals surface area contributed by atoms with E-state index in [4.69, 9.17) is 0 Å². The van der Waals surface area contributed by atoms with Crippen molar-refractivity contribution in [2.75, 3.05) is 7.05 Å². The number of nitro groups is 1. The number of aromatic nitrogens is 1. The van der Waals surface area contributed by atoms with Crippen LogP contribution in [0.4, 0.5) is 5.69 Å². The Hall–Kier alpha value is -2.28. The number of benzene rings is 1. The van der Waals surface area contributed by atoms with Crippen molar-refractivity contribution in [2.24, 2.45) is 0 Å². The zero-order valence-corrected chi connectivity index (χ0v) is 14.5. The summed E-state index contributed by atoms with van der Waals surface area (Å²) in [5.74, 6) is -0.0283. The molecule has 1 aromatic heterocycles. The quantitative estimate of drug-likeness (QED) is 0.628. The number of amides is 1. The molecular weight excluding hydrogens is 326 g/mol. The van der Waals surface area contributed by atoms with E-state index in [-0.39, 0.29) is 24.1 Å². The number of likely N-dealkylation sites (N-methyl/N-ethyl adjacent to an activating group) is 1. The van der Waals surface area contributed by atoms with Crippen LogP contribution in [0.15, 0.2) is 24.3 Å². The van der Waals surface area contributed by atoms with Crippen LogP contribution in [0, 0.1) is 17.0 Å². The third-order valence-corrected chi connectivity index (χ3v) is 5.48. The maximum absolute atomic E-state index is 12.6. The van der Waals surface area contributed by atoms with E-state index >= 15 is 0 Å². The summed E-state index contributed by atoms with van der Waals surface area (Å²) in [6.07, 6.45) is 3.10. The molecule has 1 unspecified atom stereocenters. The van der Waals surface area contributed by atoms with Gasteiger partial charge in [-0.3, -0.25) is 14.9 Å². The van der Waals surface area contributed by atoms with Crippen LogP contribution in [0.1, 0.15) is 40.0 Å². The standard InChI is InChI=1S/C17H19N3O3S/c1-11-18-14-7-4-8-15(17(14)24-11)19(2)16(21)10-12-5-3-6-13(9-12)20(22)23/h3,5-6,9,15H,4,7-8,10H2,1-2H3. The zero-order valence-electron chi connectivity index (χ0n) is 13.7. The molecule has 1 aromatic carbocycles. The molecule has 0 fully saturated rings. The predicted octanol–water partition coefficient (Wildman–Crippen LogP) is 3.44. The van der Waals surface area contributed by atoms with Gasteiger partial charge in [0.1, 0.15) is 0 Å². The molecular formula is C17H19N3O3S. The highest BCUT2D eigenvalue weighted by Crippen LogP contribution is 2.37. The number of carbonyl (C=O) groups is 1. The van der Waals surface area contributed by atoms with Gasteiger partial charge in [0.2, 0.25) is 5.91 Å². The number of hydrogen-bond donors (Lipinski definition) is 0. The van der Waals surface area contributed by atoms with Gasteiger partial charge >= 0.3 is 0 Å². The molecule has 0 N–H and O–H groups in total. The van der Waals surface area contributed by atoms with E-state index < -0.39 is 4.92 Å². The average molecular weight is 345 g/mol. The summed E-state index contributed by atoms with van der Waals surface area (Å²) in [7, 11) is 1.81. The third kappa shape index (κ3) is 3.31. The molecule has 0 bridgehead atoms. The number of thiazole rings is 1. The van der Waals surface area contributed by atoms with Crippen molar-refractivity contribution in [3.8, 4) is 0 Å². The molecule has 0 saturated heterocycles. The number of non-ortho nitro benzene ring substituents is 1. The van der Waals surface area contributed by atoms with Crippen molar-refractivity contribution < 1.29 is 9.72 Å². The second kappa shape index (κ2) is 6.68. The van der Waals surface area contributed by atoms with Crippen LogP contribution in [0.2, 0.25) is 0 Å². The van der Waals surface area contributed by atoms with Crippen LogP contribution < -0.4 is 0 Å². The molecule has 3 rings (SSSR count). The van der Waals surface area contributed by atoms with Crippen LogP contribution in [-0.4, -0.2) is 27.8 Å². The highest BCUT2D eigenvalue weighted by molar-refractivity contribution is 7.11. The van der Waals surface area contributed by atoms with Gasteiger partial charge in [-0.05, 0) is 31.7 Å². The summed E-state index contributed by atoms with van der Waals surface area (Å²) in [6, 6.07) is 6.33. The predicted molar refractivity (Wildman–Crippen MR) is 92.1 cm³/mol. The highest BCUT2D eigenvalue weighted by Gasteiger charge is 2.29. The molecule has 2 aromatic rings. The average Bonchev–Trinajstić information content (AvgIpc) is 2.94. The number of carbonyl (C=O) groups excluding carboxylic acids is 1. The number of hydrogen-bond acceptors (Lipinski definition) is 5. The largest absolute Gasteiger partial charge is 0.338 e. The molecule has 6 nitrogen and oxygen atoms in total. The smallest absolute Gasteiger partial charge is 0.269 e. The molecule has 0 aliphatic heterocycles. The van der Waals surface area contributed by atoms with Gasteiger partial charge in [-0.15, -0.1) is 11.3 Å².